The fraction of sp³-hybridized carbons (Fsp3) is 0.400. The van der Waals surface area contributed by atoms with Crippen molar-refractivity contribution in [2.45, 2.75) is 18.7 Å². The third-order valence-electron chi connectivity index (χ3n) is 3.88. The van der Waals surface area contributed by atoms with Crippen molar-refractivity contribution in [2.24, 2.45) is 0 Å². The maximum atomic E-state index is 12.8. The third-order valence-corrected chi connectivity index (χ3v) is 7.00. The van der Waals surface area contributed by atoms with Crippen LogP contribution in [0.5, 0.6) is 0 Å². The van der Waals surface area contributed by atoms with Crippen molar-refractivity contribution in [3.8, 4) is 0 Å². The first-order valence-electron chi connectivity index (χ1n) is 7.20. The van der Waals surface area contributed by atoms with Gasteiger partial charge in [0, 0.05) is 54.0 Å². The van der Waals surface area contributed by atoms with E-state index in [1.54, 1.807) is 22.8 Å². The van der Waals surface area contributed by atoms with Gasteiger partial charge in [-0.25, -0.2) is 8.42 Å². The van der Waals surface area contributed by atoms with Crippen molar-refractivity contribution >= 4 is 27.0 Å². The summed E-state index contributed by atoms with van der Waals surface area (Å²) in [6.07, 6.45) is 3.52. The van der Waals surface area contributed by atoms with E-state index in [1.807, 2.05) is 26.0 Å². The fourth-order valence-electron chi connectivity index (χ4n) is 2.74. The Balaban J connectivity index is 1.75. The van der Waals surface area contributed by atoms with E-state index >= 15 is 0 Å². The first kappa shape index (κ1) is 15.5. The van der Waals surface area contributed by atoms with Gasteiger partial charge in [-0.3, -0.25) is 4.98 Å². The molecule has 0 bridgehead atoms. The number of hydrogen-bond acceptors (Lipinski definition) is 5. The normalized spacial score (nSPS) is 16.9. The second kappa shape index (κ2) is 5.98. The number of anilines is 1. The summed E-state index contributed by atoms with van der Waals surface area (Å²) >= 11 is 1.53. The maximum absolute atomic E-state index is 12.8. The minimum atomic E-state index is -3.37. The quantitative estimate of drug-likeness (QED) is 0.862. The van der Waals surface area contributed by atoms with E-state index in [0.29, 0.717) is 31.1 Å². The number of rotatable bonds is 3. The number of pyridine rings is 1. The molecule has 0 radical (unpaired) electrons. The summed E-state index contributed by atoms with van der Waals surface area (Å²) in [5.41, 5.74) is 1.09. The van der Waals surface area contributed by atoms with Gasteiger partial charge in [0.25, 0.3) is 0 Å². The summed E-state index contributed by atoms with van der Waals surface area (Å²) in [7, 11) is -3.37. The molecule has 3 heterocycles. The summed E-state index contributed by atoms with van der Waals surface area (Å²) in [5, 5.41) is 0. The Labute approximate surface area is 135 Å². The van der Waals surface area contributed by atoms with E-state index in [9.17, 15) is 8.42 Å². The second-order valence-corrected chi connectivity index (χ2v) is 8.74. The topological polar surface area (TPSA) is 53.5 Å². The Morgan fingerprint density at radius 3 is 2.27 bits per heavy atom. The SMILES string of the molecule is Cc1cc(S(=O)(=O)N2CCN(c3ccncc3)CC2)c(C)s1. The molecule has 5 nitrogen and oxygen atoms in total. The Morgan fingerprint density at radius 2 is 1.73 bits per heavy atom. The Morgan fingerprint density at radius 1 is 1.09 bits per heavy atom. The summed E-state index contributed by atoms with van der Waals surface area (Å²) < 4.78 is 27.1. The van der Waals surface area contributed by atoms with Gasteiger partial charge in [0.15, 0.2) is 0 Å². The molecule has 0 unspecified atom stereocenters. The van der Waals surface area contributed by atoms with Crippen LogP contribution in [0.3, 0.4) is 0 Å². The molecule has 1 fully saturated rings. The van der Waals surface area contributed by atoms with Crippen LogP contribution in [0.25, 0.3) is 0 Å². The number of sulfonamides is 1. The number of piperazine rings is 1. The molecule has 0 amide bonds. The first-order chi connectivity index (χ1) is 10.5. The van der Waals surface area contributed by atoms with Gasteiger partial charge in [0.05, 0.1) is 4.90 Å². The summed E-state index contributed by atoms with van der Waals surface area (Å²) in [6.45, 7) is 6.24. The van der Waals surface area contributed by atoms with E-state index in [-0.39, 0.29) is 0 Å². The predicted molar refractivity (Wildman–Crippen MR) is 89.0 cm³/mol. The molecule has 0 atom stereocenters. The zero-order valence-electron chi connectivity index (χ0n) is 12.7. The first-order valence-corrected chi connectivity index (χ1v) is 9.46. The molecular formula is C15H19N3O2S2. The van der Waals surface area contributed by atoms with Gasteiger partial charge in [-0.05, 0) is 32.0 Å². The van der Waals surface area contributed by atoms with Crippen molar-refractivity contribution in [1.29, 1.82) is 0 Å². The molecule has 7 heteroatoms. The van der Waals surface area contributed by atoms with Crippen LogP contribution in [0.1, 0.15) is 9.75 Å². The largest absolute Gasteiger partial charge is 0.369 e. The standard InChI is InChI=1S/C15H19N3O2S2/c1-12-11-15(13(2)21-12)22(19,20)18-9-7-17(8-10-18)14-3-5-16-6-4-14/h3-6,11H,7-10H2,1-2H3. The van der Waals surface area contributed by atoms with E-state index in [4.69, 9.17) is 0 Å². The highest BCUT2D eigenvalue weighted by Gasteiger charge is 2.30. The Bertz CT molecular complexity index is 748. The number of hydrogen-bond donors (Lipinski definition) is 0. The van der Waals surface area contributed by atoms with Crippen molar-refractivity contribution in [3.05, 3.63) is 40.3 Å². The molecule has 22 heavy (non-hydrogen) atoms. The number of nitrogens with zero attached hydrogens (tertiary/aromatic N) is 3. The average Bonchev–Trinajstić information content (AvgIpc) is 2.88. The molecule has 2 aromatic rings. The molecule has 3 rings (SSSR count). The minimum absolute atomic E-state index is 0.465. The van der Waals surface area contributed by atoms with Gasteiger partial charge in [0.2, 0.25) is 10.0 Å². The van der Waals surface area contributed by atoms with Gasteiger partial charge in [-0.1, -0.05) is 0 Å². The molecule has 0 spiro atoms. The van der Waals surface area contributed by atoms with Crippen LogP contribution in [0.4, 0.5) is 5.69 Å². The highest BCUT2D eigenvalue weighted by molar-refractivity contribution is 7.89. The van der Waals surface area contributed by atoms with Crippen LogP contribution in [0, 0.1) is 13.8 Å². The van der Waals surface area contributed by atoms with Gasteiger partial charge in [-0.2, -0.15) is 4.31 Å². The van der Waals surface area contributed by atoms with Crippen molar-refractivity contribution in [2.75, 3.05) is 31.1 Å². The van der Waals surface area contributed by atoms with E-state index in [2.05, 4.69) is 9.88 Å². The molecule has 1 aliphatic heterocycles. The lowest BCUT2D eigenvalue weighted by atomic mass is 10.3. The van der Waals surface area contributed by atoms with Crippen molar-refractivity contribution in [1.82, 2.24) is 9.29 Å². The Hall–Kier alpha value is -1.44. The van der Waals surface area contributed by atoms with Crippen LogP contribution >= 0.6 is 11.3 Å². The molecule has 118 valence electrons. The number of aromatic nitrogens is 1. The van der Waals surface area contributed by atoms with E-state index in [1.165, 1.54) is 11.3 Å². The molecule has 0 N–H and O–H groups in total. The van der Waals surface area contributed by atoms with E-state index in [0.717, 1.165) is 15.4 Å². The van der Waals surface area contributed by atoms with E-state index < -0.39 is 10.0 Å². The third kappa shape index (κ3) is 2.88. The lowest BCUT2D eigenvalue weighted by Crippen LogP contribution is -2.48. The van der Waals surface area contributed by atoms with Crippen LogP contribution in [-0.4, -0.2) is 43.9 Å². The lowest BCUT2D eigenvalue weighted by Gasteiger charge is -2.35. The second-order valence-electron chi connectivity index (χ2n) is 5.37. The number of aryl methyl sites for hydroxylation is 2. The van der Waals surface area contributed by atoms with Crippen molar-refractivity contribution < 1.29 is 8.42 Å². The highest BCUT2D eigenvalue weighted by Crippen LogP contribution is 2.28. The highest BCUT2D eigenvalue weighted by atomic mass is 32.2. The molecule has 1 aliphatic rings. The minimum Gasteiger partial charge on any atom is -0.369 e. The van der Waals surface area contributed by atoms with Gasteiger partial charge in [0.1, 0.15) is 0 Å². The van der Waals surface area contributed by atoms with Crippen LogP contribution in [0.2, 0.25) is 0 Å². The smallest absolute Gasteiger partial charge is 0.244 e. The van der Waals surface area contributed by atoms with Gasteiger partial charge >= 0.3 is 0 Å². The maximum Gasteiger partial charge on any atom is 0.244 e. The zero-order chi connectivity index (χ0) is 15.7. The monoisotopic (exact) mass is 337 g/mol. The average molecular weight is 337 g/mol. The Kier molecular flexibility index (Phi) is 4.20. The molecular weight excluding hydrogens is 318 g/mol. The van der Waals surface area contributed by atoms with Crippen LogP contribution in [-0.2, 0) is 10.0 Å². The summed E-state index contributed by atoms with van der Waals surface area (Å²) in [4.78, 5) is 8.58. The summed E-state index contributed by atoms with van der Waals surface area (Å²) in [6, 6.07) is 5.69. The fourth-order valence-corrected chi connectivity index (χ4v) is 5.69. The molecule has 0 aromatic carbocycles. The molecule has 1 saturated heterocycles. The predicted octanol–water partition coefficient (Wildman–Crippen LogP) is 2.27. The lowest BCUT2D eigenvalue weighted by molar-refractivity contribution is 0.385. The summed E-state index contributed by atoms with van der Waals surface area (Å²) in [5.74, 6) is 0. The zero-order valence-corrected chi connectivity index (χ0v) is 14.3. The van der Waals surface area contributed by atoms with Crippen LogP contribution < -0.4 is 4.90 Å². The molecule has 0 saturated carbocycles. The molecule has 2 aromatic heterocycles. The van der Waals surface area contributed by atoms with Gasteiger partial charge < -0.3 is 4.90 Å². The number of thiophene rings is 1. The van der Waals surface area contributed by atoms with Gasteiger partial charge in [-0.15, -0.1) is 11.3 Å². The molecule has 0 aliphatic carbocycles. The van der Waals surface area contributed by atoms with Crippen molar-refractivity contribution in [3.63, 3.8) is 0 Å². The van der Waals surface area contributed by atoms with Crippen LogP contribution in [0.15, 0.2) is 35.5 Å².